The molecule has 0 unspecified atom stereocenters. The summed E-state index contributed by atoms with van der Waals surface area (Å²) < 4.78 is 6.15. The lowest BCUT2D eigenvalue weighted by Crippen LogP contribution is -2.45. The van der Waals surface area contributed by atoms with Crippen molar-refractivity contribution in [2.75, 3.05) is 18.4 Å². The number of oxazole rings is 1. The van der Waals surface area contributed by atoms with Crippen molar-refractivity contribution in [2.24, 2.45) is 0 Å². The van der Waals surface area contributed by atoms with E-state index >= 15 is 0 Å². The summed E-state index contributed by atoms with van der Waals surface area (Å²) in [5, 5.41) is 24.3. The molecule has 2 aliphatic rings. The van der Waals surface area contributed by atoms with Crippen LogP contribution in [-0.2, 0) is 14.4 Å². The van der Waals surface area contributed by atoms with Gasteiger partial charge in [0.15, 0.2) is 18.0 Å². The number of carbonyl (C=O) groups excluding carboxylic acids is 3. The van der Waals surface area contributed by atoms with Gasteiger partial charge in [-0.15, -0.1) is 0 Å². The van der Waals surface area contributed by atoms with E-state index < -0.39 is 24.2 Å². The Balaban J connectivity index is 0.924. The van der Waals surface area contributed by atoms with Gasteiger partial charge in [-0.25, -0.2) is 9.97 Å². The third-order valence-electron chi connectivity index (χ3n) is 10.1. The van der Waals surface area contributed by atoms with E-state index in [1.807, 2.05) is 30.3 Å². The number of nitrogens with zero attached hydrogens (tertiary/aromatic N) is 4. The predicted octanol–water partition coefficient (Wildman–Crippen LogP) is 5.95. The number of aromatic amines is 1. The van der Waals surface area contributed by atoms with E-state index in [0.29, 0.717) is 65.8 Å². The number of aromatic nitrogens is 3. The number of H-pyrrole nitrogens is 1. The largest absolute Gasteiger partial charge is 0.436 e. The lowest BCUT2D eigenvalue weighted by molar-refractivity contribution is -0.144. The van der Waals surface area contributed by atoms with E-state index in [9.17, 15) is 24.6 Å². The Labute approximate surface area is 305 Å². The summed E-state index contributed by atoms with van der Waals surface area (Å²) in [6.45, 7) is 0.950. The molecule has 4 N–H and O–H groups in total. The second-order valence-corrected chi connectivity index (χ2v) is 13.5. The highest BCUT2D eigenvalue weighted by molar-refractivity contribution is 5.98. The van der Waals surface area contributed by atoms with E-state index in [4.69, 9.17) is 9.40 Å². The van der Waals surface area contributed by atoms with Gasteiger partial charge in [-0.3, -0.25) is 14.4 Å². The van der Waals surface area contributed by atoms with Gasteiger partial charge in [0, 0.05) is 29.9 Å². The van der Waals surface area contributed by atoms with Crippen molar-refractivity contribution in [1.82, 2.24) is 24.8 Å². The maximum atomic E-state index is 13.3. The first-order valence-corrected chi connectivity index (χ1v) is 17.8. The Morgan fingerprint density at radius 3 is 2.09 bits per heavy atom. The Morgan fingerprint density at radius 1 is 0.774 bits per heavy atom. The van der Waals surface area contributed by atoms with Crippen LogP contribution in [0.4, 0.5) is 5.69 Å². The molecule has 4 aromatic carbocycles. The lowest BCUT2D eigenvalue weighted by atomic mass is 10.1. The fourth-order valence-electron chi connectivity index (χ4n) is 7.29. The predicted molar refractivity (Wildman–Crippen MR) is 197 cm³/mol. The molecule has 2 fully saturated rings. The Morgan fingerprint density at radius 2 is 1.40 bits per heavy atom. The van der Waals surface area contributed by atoms with Crippen LogP contribution >= 0.6 is 0 Å². The number of anilines is 1. The topological polar surface area (TPSA) is 165 Å². The van der Waals surface area contributed by atoms with Crippen molar-refractivity contribution in [2.45, 2.75) is 50.0 Å². The Bertz CT molecular complexity index is 2250. The van der Waals surface area contributed by atoms with Gasteiger partial charge >= 0.3 is 0 Å². The summed E-state index contributed by atoms with van der Waals surface area (Å²) in [7, 11) is 0. The van der Waals surface area contributed by atoms with E-state index in [1.54, 1.807) is 83.9 Å². The zero-order chi connectivity index (χ0) is 36.5. The molecule has 12 heteroatoms. The fraction of sp³-hybridized carbons (Fsp3) is 0.244. The summed E-state index contributed by atoms with van der Waals surface area (Å²) in [4.78, 5) is 55.5. The van der Waals surface area contributed by atoms with Gasteiger partial charge in [-0.05, 0) is 79.3 Å². The van der Waals surface area contributed by atoms with Crippen molar-refractivity contribution >= 4 is 34.4 Å². The van der Waals surface area contributed by atoms with E-state index in [2.05, 4.69) is 15.3 Å². The minimum Gasteiger partial charge on any atom is -0.436 e. The Kier molecular flexibility index (Phi) is 9.30. The third-order valence-corrected chi connectivity index (χ3v) is 10.1. The maximum absolute atomic E-state index is 13.3. The molecule has 2 aliphatic heterocycles. The van der Waals surface area contributed by atoms with E-state index in [0.717, 1.165) is 29.4 Å². The number of rotatable bonds is 9. The number of carbonyl (C=O) groups is 3. The molecule has 268 valence electrons. The van der Waals surface area contributed by atoms with Gasteiger partial charge in [0.05, 0.1) is 23.3 Å². The average molecular weight is 711 g/mol. The molecule has 6 aromatic rings. The van der Waals surface area contributed by atoms with Crippen molar-refractivity contribution in [1.29, 1.82) is 0 Å². The molecule has 4 heterocycles. The number of imidazole rings is 1. The highest BCUT2D eigenvalue weighted by Crippen LogP contribution is 2.35. The summed E-state index contributed by atoms with van der Waals surface area (Å²) in [6.07, 6.45) is 1.84. The number of benzene rings is 4. The molecule has 0 saturated carbocycles. The lowest BCUT2D eigenvalue weighted by Gasteiger charge is -2.26. The van der Waals surface area contributed by atoms with Crippen LogP contribution in [0.5, 0.6) is 0 Å². The van der Waals surface area contributed by atoms with Crippen molar-refractivity contribution in [3.8, 4) is 22.8 Å². The number of hydrogen-bond acceptors (Lipinski definition) is 8. The van der Waals surface area contributed by atoms with Crippen molar-refractivity contribution in [3.05, 3.63) is 126 Å². The number of hydrogen-bond donors (Lipinski definition) is 4. The third kappa shape index (κ3) is 6.82. The normalized spacial score (nSPS) is 18.3. The molecule has 2 saturated heterocycles. The van der Waals surface area contributed by atoms with Gasteiger partial charge in [-0.2, -0.15) is 0 Å². The van der Waals surface area contributed by atoms with E-state index in [-0.39, 0.29) is 17.9 Å². The van der Waals surface area contributed by atoms with Crippen molar-refractivity contribution in [3.63, 3.8) is 0 Å². The number of fused-ring (bicyclic) bond motifs is 1. The smallest absolute Gasteiger partial charge is 0.256 e. The van der Waals surface area contributed by atoms with Gasteiger partial charge < -0.3 is 34.7 Å². The van der Waals surface area contributed by atoms with Gasteiger partial charge in [0.25, 0.3) is 11.8 Å². The maximum Gasteiger partial charge on any atom is 0.256 e. The van der Waals surface area contributed by atoms with Gasteiger partial charge in [-0.1, -0.05) is 60.7 Å². The molecular formula is C41H38N6O6. The van der Waals surface area contributed by atoms with Crippen LogP contribution in [0.3, 0.4) is 0 Å². The second kappa shape index (κ2) is 14.5. The highest BCUT2D eigenvalue weighted by atomic mass is 16.4. The van der Waals surface area contributed by atoms with Gasteiger partial charge in [0.1, 0.15) is 11.9 Å². The summed E-state index contributed by atoms with van der Waals surface area (Å²) in [6, 6.07) is 29.6. The van der Waals surface area contributed by atoms with Crippen LogP contribution in [0.1, 0.15) is 60.9 Å². The quantitative estimate of drug-likeness (QED) is 0.143. The van der Waals surface area contributed by atoms with Crippen LogP contribution in [0.25, 0.3) is 33.8 Å². The monoisotopic (exact) mass is 710 g/mol. The molecule has 53 heavy (non-hydrogen) atoms. The minimum absolute atomic E-state index is 0.270. The first-order valence-electron chi connectivity index (χ1n) is 17.8. The highest BCUT2D eigenvalue weighted by Gasteiger charge is 2.38. The van der Waals surface area contributed by atoms with Crippen LogP contribution in [-0.4, -0.2) is 71.8 Å². The van der Waals surface area contributed by atoms with E-state index in [1.165, 1.54) is 4.90 Å². The number of aliphatic hydroxyl groups excluding tert-OH is 2. The molecule has 0 spiro atoms. The first kappa shape index (κ1) is 34.0. The zero-order valence-electron chi connectivity index (χ0n) is 28.8. The summed E-state index contributed by atoms with van der Waals surface area (Å²) in [5.74, 6) is 0.507. The van der Waals surface area contributed by atoms with Gasteiger partial charge in [0.2, 0.25) is 11.8 Å². The Hall–Kier alpha value is -6.11. The summed E-state index contributed by atoms with van der Waals surface area (Å²) in [5.41, 5.74) is 4.66. The minimum atomic E-state index is -1.32. The number of aliphatic hydroxyl groups is 2. The first-order chi connectivity index (χ1) is 25.8. The van der Waals surface area contributed by atoms with Crippen LogP contribution < -0.4 is 5.32 Å². The zero-order valence-corrected chi connectivity index (χ0v) is 28.8. The number of nitrogens with one attached hydrogen (secondary N) is 2. The molecule has 3 amide bonds. The van der Waals surface area contributed by atoms with Crippen LogP contribution in [0, 0.1) is 0 Å². The molecule has 12 nitrogen and oxygen atoms in total. The molecule has 8 rings (SSSR count). The van der Waals surface area contributed by atoms with Crippen molar-refractivity contribution < 1.29 is 29.0 Å². The van der Waals surface area contributed by atoms with Crippen LogP contribution in [0.15, 0.2) is 114 Å². The number of likely N-dealkylation sites (tertiary alicyclic amines) is 2. The number of amides is 3. The average Bonchev–Trinajstić information content (AvgIpc) is 4.04. The molecule has 0 bridgehead atoms. The SMILES string of the molecule is O=C(Nc1ccc(-c2ncc(-c3ccc4nc([C@@H]5CCCN5C(=O)[C@H](O)c5ccccc5)[nH]c4c3)o2)cc1)[C@H]1CCCN1C(=O)[C@H](O)c1ccccc1. The molecular weight excluding hydrogens is 672 g/mol. The second-order valence-electron chi connectivity index (χ2n) is 13.5. The molecule has 4 atom stereocenters. The standard InChI is InChI=1S/C41H38N6O6/c48-35(25-9-3-1-4-10-25)40(51)46-21-7-13-32(46)37-44-30-20-17-28(23-31(30)45-37)34-24-42-39(53-34)27-15-18-29(19-16-27)43-38(50)33-14-8-22-47(33)41(52)36(49)26-11-5-2-6-12-26/h1-6,9-12,15-20,23-24,32-33,35-36,48-49H,7-8,13-14,21-22H2,(H,43,50)(H,44,45)/t32-,33+,35+,36+/m0/s1. The molecule has 0 aliphatic carbocycles. The summed E-state index contributed by atoms with van der Waals surface area (Å²) >= 11 is 0. The molecule has 0 radical (unpaired) electrons. The molecule has 2 aromatic heterocycles. The van der Waals surface area contributed by atoms with Crippen LogP contribution in [0.2, 0.25) is 0 Å². The fourth-order valence-corrected chi connectivity index (χ4v) is 7.29.